The molecule has 106 valence electrons. The number of rotatable bonds is 7. The number of benzene rings is 1. The summed E-state index contributed by atoms with van der Waals surface area (Å²) in [5, 5.41) is 8.73. The number of hydrogen-bond donors (Lipinski definition) is 1. The largest absolute Gasteiger partial charge is 0.478 e. The van der Waals surface area contributed by atoms with Crippen molar-refractivity contribution in [3.8, 4) is 0 Å². The van der Waals surface area contributed by atoms with Crippen LogP contribution in [0.4, 0.5) is 0 Å². The van der Waals surface area contributed by atoms with Crippen LogP contribution in [0.3, 0.4) is 0 Å². The minimum absolute atomic E-state index is 0.0365. The second kappa shape index (κ2) is 6.81. The third-order valence-corrected chi connectivity index (χ3v) is 5.95. The van der Waals surface area contributed by atoms with Crippen molar-refractivity contribution in [2.24, 2.45) is 0 Å². The summed E-state index contributed by atoms with van der Waals surface area (Å²) >= 11 is 0. The van der Waals surface area contributed by atoms with E-state index < -0.39 is 26.6 Å². The van der Waals surface area contributed by atoms with Gasteiger partial charge in [-0.05, 0) is 30.7 Å². The predicted octanol–water partition coefficient (Wildman–Crippen LogP) is 1.32. The highest BCUT2D eigenvalue weighted by Gasteiger charge is 2.13. The van der Waals surface area contributed by atoms with Crippen LogP contribution in [0.5, 0.6) is 0 Å². The fourth-order valence-electron chi connectivity index (χ4n) is 1.48. The number of carbonyl (C=O) groups is 1. The van der Waals surface area contributed by atoms with E-state index in [-0.39, 0.29) is 22.8 Å². The standard InChI is InChI=1S/C12H16O5S2/c1-2-8-19(16,17)9-7-18(15)11-5-3-10(4-6-11)12(13)14/h3-6H,2,7-9H2,1H3,(H,13,14). The molecule has 0 aromatic heterocycles. The van der Waals surface area contributed by atoms with Gasteiger partial charge in [-0.3, -0.25) is 4.21 Å². The predicted molar refractivity (Wildman–Crippen MR) is 73.6 cm³/mol. The van der Waals surface area contributed by atoms with Crippen molar-refractivity contribution in [3.05, 3.63) is 29.8 Å². The van der Waals surface area contributed by atoms with Gasteiger partial charge in [-0.15, -0.1) is 0 Å². The van der Waals surface area contributed by atoms with Gasteiger partial charge in [-0.25, -0.2) is 13.2 Å². The Bertz CT molecular complexity index is 560. The Morgan fingerprint density at radius 2 is 1.79 bits per heavy atom. The van der Waals surface area contributed by atoms with Crippen molar-refractivity contribution in [3.63, 3.8) is 0 Å². The van der Waals surface area contributed by atoms with E-state index >= 15 is 0 Å². The van der Waals surface area contributed by atoms with Crippen molar-refractivity contribution in [1.29, 1.82) is 0 Å². The Morgan fingerprint density at radius 1 is 1.21 bits per heavy atom. The quantitative estimate of drug-likeness (QED) is 0.820. The molecule has 0 aliphatic heterocycles. The first-order valence-corrected chi connectivity index (χ1v) is 8.92. The molecular formula is C12H16O5S2. The Morgan fingerprint density at radius 3 is 2.26 bits per heavy atom. The van der Waals surface area contributed by atoms with E-state index in [1.807, 2.05) is 0 Å². The molecule has 1 N–H and O–H groups in total. The lowest BCUT2D eigenvalue weighted by Gasteiger charge is -2.04. The van der Waals surface area contributed by atoms with Crippen LogP contribution in [0.25, 0.3) is 0 Å². The average molecular weight is 304 g/mol. The van der Waals surface area contributed by atoms with Crippen LogP contribution in [0.1, 0.15) is 23.7 Å². The lowest BCUT2D eigenvalue weighted by molar-refractivity contribution is 0.0697. The minimum atomic E-state index is -3.14. The highest BCUT2D eigenvalue weighted by atomic mass is 32.2. The molecule has 0 amide bonds. The van der Waals surface area contributed by atoms with Gasteiger partial charge in [0.15, 0.2) is 9.84 Å². The zero-order valence-corrected chi connectivity index (χ0v) is 12.2. The molecular weight excluding hydrogens is 288 g/mol. The Balaban J connectivity index is 2.66. The number of hydrogen-bond acceptors (Lipinski definition) is 4. The molecule has 1 rings (SSSR count). The monoisotopic (exact) mass is 304 g/mol. The van der Waals surface area contributed by atoms with Gasteiger partial charge in [0.1, 0.15) is 0 Å². The van der Waals surface area contributed by atoms with Crippen LogP contribution in [0.2, 0.25) is 0 Å². The third-order valence-electron chi connectivity index (χ3n) is 2.46. The van der Waals surface area contributed by atoms with Gasteiger partial charge in [0.25, 0.3) is 0 Å². The number of carboxylic acids is 1. The maximum absolute atomic E-state index is 11.9. The summed E-state index contributed by atoms with van der Waals surface area (Å²) in [5.74, 6) is -1.03. The smallest absolute Gasteiger partial charge is 0.335 e. The Hall–Kier alpha value is -1.21. The maximum Gasteiger partial charge on any atom is 0.335 e. The molecule has 0 aliphatic rings. The molecule has 0 fully saturated rings. The van der Waals surface area contributed by atoms with Crippen molar-refractivity contribution in [2.45, 2.75) is 18.2 Å². The lowest BCUT2D eigenvalue weighted by Crippen LogP contribution is -2.16. The zero-order valence-electron chi connectivity index (χ0n) is 10.5. The normalized spacial score (nSPS) is 13.1. The first kappa shape index (κ1) is 15.8. The first-order valence-electron chi connectivity index (χ1n) is 5.78. The van der Waals surface area contributed by atoms with Crippen LogP contribution in [-0.4, -0.2) is 41.0 Å². The molecule has 0 bridgehead atoms. The molecule has 0 aliphatic carbocycles. The van der Waals surface area contributed by atoms with Gasteiger partial charge in [0.2, 0.25) is 0 Å². The van der Waals surface area contributed by atoms with Crippen LogP contribution in [0.15, 0.2) is 29.2 Å². The van der Waals surface area contributed by atoms with E-state index in [1.54, 1.807) is 6.92 Å². The van der Waals surface area contributed by atoms with Crippen LogP contribution >= 0.6 is 0 Å². The molecule has 1 aromatic rings. The molecule has 1 atom stereocenters. The summed E-state index contributed by atoms with van der Waals surface area (Å²) in [6.07, 6.45) is 0.544. The van der Waals surface area contributed by atoms with Crippen molar-refractivity contribution >= 4 is 26.6 Å². The lowest BCUT2D eigenvalue weighted by atomic mass is 10.2. The first-order chi connectivity index (χ1) is 8.85. The molecule has 0 heterocycles. The average Bonchev–Trinajstić information content (AvgIpc) is 2.36. The zero-order chi connectivity index (χ0) is 14.5. The van der Waals surface area contributed by atoms with E-state index in [1.165, 1.54) is 24.3 Å². The van der Waals surface area contributed by atoms with Crippen LogP contribution in [0, 0.1) is 0 Å². The number of carboxylic acid groups (broad SMARTS) is 1. The van der Waals surface area contributed by atoms with Gasteiger partial charge in [-0.1, -0.05) is 6.92 Å². The van der Waals surface area contributed by atoms with Gasteiger partial charge in [0, 0.05) is 16.4 Å². The Labute approximate surface area is 115 Å². The summed E-state index contributed by atoms with van der Waals surface area (Å²) in [6.45, 7) is 1.78. The van der Waals surface area contributed by atoms with E-state index in [0.717, 1.165) is 0 Å². The minimum Gasteiger partial charge on any atom is -0.478 e. The molecule has 7 heteroatoms. The third kappa shape index (κ3) is 5.12. The molecule has 1 aromatic carbocycles. The molecule has 0 spiro atoms. The summed E-state index contributed by atoms with van der Waals surface area (Å²) in [4.78, 5) is 11.1. The summed E-state index contributed by atoms with van der Waals surface area (Å²) in [7, 11) is -4.57. The van der Waals surface area contributed by atoms with Gasteiger partial charge < -0.3 is 5.11 Å². The fraction of sp³-hybridized carbons (Fsp3) is 0.417. The summed E-state index contributed by atoms with van der Waals surface area (Å²) in [5.41, 5.74) is 0.111. The fourth-order valence-corrected chi connectivity index (χ4v) is 4.61. The van der Waals surface area contributed by atoms with E-state index in [4.69, 9.17) is 5.11 Å². The summed E-state index contributed by atoms with van der Waals surface area (Å²) < 4.78 is 34.9. The van der Waals surface area contributed by atoms with Crippen molar-refractivity contribution < 1.29 is 22.5 Å². The van der Waals surface area contributed by atoms with Crippen LogP contribution < -0.4 is 0 Å². The van der Waals surface area contributed by atoms with E-state index in [0.29, 0.717) is 11.3 Å². The van der Waals surface area contributed by atoms with Gasteiger partial charge >= 0.3 is 5.97 Å². The molecule has 19 heavy (non-hydrogen) atoms. The van der Waals surface area contributed by atoms with Crippen molar-refractivity contribution in [2.75, 3.05) is 17.3 Å². The van der Waals surface area contributed by atoms with Crippen molar-refractivity contribution in [1.82, 2.24) is 0 Å². The molecule has 0 saturated carbocycles. The second-order valence-corrected chi connectivity index (χ2v) is 7.91. The summed E-state index contributed by atoms with van der Waals surface area (Å²) in [6, 6.07) is 5.62. The van der Waals surface area contributed by atoms with Gasteiger partial charge in [-0.2, -0.15) is 0 Å². The highest BCUT2D eigenvalue weighted by Crippen LogP contribution is 2.10. The van der Waals surface area contributed by atoms with E-state index in [2.05, 4.69) is 0 Å². The topological polar surface area (TPSA) is 88.5 Å². The number of aromatic carboxylic acids is 1. The SMILES string of the molecule is CCCS(=O)(=O)CCS(=O)c1ccc(C(=O)O)cc1. The molecule has 0 saturated heterocycles. The van der Waals surface area contributed by atoms with E-state index in [9.17, 15) is 17.4 Å². The highest BCUT2D eigenvalue weighted by molar-refractivity contribution is 7.93. The molecule has 1 unspecified atom stereocenters. The number of sulfone groups is 1. The maximum atomic E-state index is 11.9. The van der Waals surface area contributed by atoms with Gasteiger partial charge in [0.05, 0.1) is 22.1 Å². The Kier molecular flexibility index (Phi) is 5.68. The molecule has 0 radical (unpaired) electrons. The second-order valence-electron chi connectivity index (χ2n) is 4.03. The molecule has 5 nitrogen and oxygen atoms in total. The van der Waals surface area contributed by atoms with Crippen LogP contribution in [-0.2, 0) is 20.6 Å².